The SMILES string of the molecule is CC(C)(C)CC(C)(C)c1cc(-n2nc3ccccc3n2)c(O)cc1O. The molecule has 0 amide bonds. The Bertz CT molecular complexity index is 887. The van der Waals surface area contributed by atoms with Gasteiger partial charge in [0.1, 0.15) is 28.2 Å². The van der Waals surface area contributed by atoms with Gasteiger partial charge in [-0.1, -0.05) is 46.8 Å². The van der Waals surface area contributed by atoms with Crippen LogP contribution >= 0.6 is 0 Å². The first-order valence-electron chi connectivity index (χ1n) is 8.46. The number of rotatable bonds is 3. The molecule has 0 aliphatic heterocycles. The molecule has 3 rings (SSSR count). The lowest BCUT2D eigenvalue weighted by Crippen LogP contribution is -2.25. The monoisotopic (exact) mass is 339 g/mol. The molecule has 0 saturated carbocycles. The third kappa shape index (κ3) is 3.45. The van der Waals surface area contributed by atoms with Crippen molar-refractivity contribution in [3.8, 4) is 17.2 Å². The number of hydrogen-bond donors (Lipinski definition) is 2. The summed E-state index contributed by atoms with van der Waals surface area (Å²) in [6.07, 6.45) is 0.881. The Balaban J connectivity index is 2.12. The average Bonchev–Trinajstić information content (AvgIpc) is 2.87. The van der Waals surface area contributed by atoms with Crippen LogP contribution in [0.4, 0.5) is 0 Å². The van der Waals surface area contributed by atoms with Crippen molar-refractivity contribution in [3.05, 3.63) is 42.0 Å². The molecule has 5 heteroatoms. The van der Waals surface area contributed by atoms with Gasteiger partial charge in [-0.05, 0) is 35.4 Å². The molecule has 2 aromatic carbocycles. The van der Waals surface area contributed by atoms with Crippen molar-refractivity contribution in [2.75, 3.05) is 0 Å². The summed E-state index contributed by atoms with van der Waals surface area (Å²) in [6, 6.07) is 10.7. The van der Waals surface area contributed by atoms with E-state index in [9.17, 15) is 10.2 Å². The van der Waals surface area contributed by atoms with E-state index in [0.717, 1.165) is 23.0 Å². The van der Waals surface area contributed by atoms with Crippen LogP contribution in [0.5, 0.6) is 11.5 Å². The van der Waals surface area contributed by atoms with Crippen molar-refractivity contribution in [2.45, 2.75) is 46.5 Å². The summed E-state index contributed by atoms with van der Waals surface area (Å²) in [4.78, 5) is 1.43. The molecular weight excluding hydrogens is 314 g/mol. The van der Waals surface area contributed by atoms with E-state index in [-0.39, 0.29) is 22.3 Å². The van der Waals surface area contributed by atoms with Crippen LogP contribution < -0.4 is 0 Å². The molecular formula is C20H25N3O2. The third-order valence-corrected chi connectivity index (χ3v) is 4.30. The Hall–Kier alpha value is -2.56. The molecule has 0 unspecified atom stereocenters. The van der Waals surface area contributed by atoms with E-state index in [2.05, 4.69) is 44.8 Å². The largest absolute Gasteiger partial charge is 0.508 e. The molecule has 0 aliphatic rings. The second-order valence-electron chi connectivity index (χ2n) is 8.46. The quantitative estimate of drug-likeness (QED) is 0.734. The Morgan fingerprint density at radius 1 is 0.880 bits per heavy atom. The van der Waals surface area contributed by atoms with Crippen LogP contribution in [0.1, 0.15) is 46.6 Å². The molecule has 0 radical (unpaired) electrons. The first-order valence-corrected chi connectivity index (χ1v) is 8.46. The fraction of sp³-hybridized carbons (Fsp3) is 0.400. The highest BCUT2D eigenvalue weighted by Gasteiger charge is 2.30. The predicted molar refractivity (Wildman–Crippen MR) is 99.3 cm³/mol. The zero-order valence-electron chi connectivity index (χ0n) is 15.4. The molecule has 0 atom stereocenters. The Kier molecular flexibility index (Phi) is 3.98. The van der Waals surface area contributed by atoms with E-state index in [1.165, 1.54) is 10.9 Å². The van der Waals surface area contributed by atoms with Crippen LogP contribution in [-0.4, -0.2) is 25.2 Å². The first kappa shape index (κ1) is 17.3. The van der Waals surface area contributed by atoms with E-state index in [1.807, 2.05) is 24.3 Å². The van der Waals surface area contributed by atoms with Gasteiger partial charge in [-0.2, -0.15) is 0 Å². The number of phenolic OH excluding ortho intramolecular Hbond substituents is 2. The fourth-order valence-electron chi connectivity index (χ4n) is 3.66. The molecule has 0 bridgehead atoms. The number of hydrogen-bond acceptors (Lipinski definition) is 4. The molecule has 25 heavy (non-hydrogen) atoms. The maximum Gasteiger partial charge on any atom is 0.146 e. The summed E-state index contributed by atoms with van der Waals surface area (Å²) in [5, 5.41) is 29.6. The molecule has 0 spiro atoms. The van der Waals surface area contributed by atoms with Gasteiger partial charge in [0.15, 0.2) is 0 Å². The van der Waals surface area contributed by atoms with Crippen molar-refractivity contribution in [1.82, 2.24) is 15.0 Å². The zero-order chi connectivity index (χ0) is 18.4. The van der Waals surface area contributed by atoms with Gasteiger partial charge >= 0.3 is 0 Å². The van der Waals surface area contributed by atoms with Crippen molar-refractivity contribution in [3.63, 3.8) is 0 Å². The van der Waals surface area contributed by atoms with Gasteiger partial charge in [-0.15, -0.1) is 15.0 Å². The van der Waals surface area contributed by atoms with Crippen LogP contribution in [0, 0.1) is 5.41 Å². The summed E-state index contributed by atoms with van der Waals surface area (Å²) in [5.41, 5.74) is 2.59. The lowest BCUT2D eigenvalue weighted by atomic mass is 9.72. The molecule has 0 aliphatic carbocycles. The molecule has 0 saturated heterocycles. The van der Waals surface area contributed by atoms with Crippen LogP contribution in [0.3, 0.4) is 0 Å². The summed E-state index contributed by atoms with van der Waals surface area (Å²) in [5.74, 6) is 0.0420. The van der Waals surface area contributed by atoms with Crippen molar-refractivity contribution in [1.29, 1.82) is 0 Å². The van der Waals surface area contributed by atoms with E-state index in [4.69, 9.17) is 0 Å². The molecule has 5 nitrogen and oxygen atoms in total. The number of nitrogens with zero attached hydrogens (tertiary/aromatic N) is 3. The van der Waals surface area contributed by atoms with Crippen molar-refractivity contribution >= 4 is 11.0 Å². The number of benzene rings is 2. The van der Waals surface area contributed by atoms with Gasteiger partial charge in [0.25, 0.3) is 0 Å². The van der Waals surface area contributed by atoms with Gasteiger partial charge in [0.05, 0.1) is 0 Å². The predicted octanol–water partition coefficient (Wildman–Crippen LogP) is 4.55. The lowest BCUT2D eigenvalue weighted by Gasteiger charge is -2.33. The number of aromatic nitrogens is 3. The van der Waals surface area contributed by atoms with Gasteiger partial charge in [0.2, 0.25) is 0 Å². The molecule has 1 aromatic heterocycles. The van der Waals surface area contributed by atoms with Gasteiger partial charge in [0, 0.05) is 11.6 Å². The lowest BCUT2D eigenvalue weighted by molar-refractivity contribution is 0.278. The number of phenols is 2. The van der Waals surface area contributed by atoms with Gasteiger partial charge < -0.3 is 10.2 Å². The van der Waals surface area contributed by atoms with E-state index in [0.29, 0.717) is 5.69 Å². The van der Waals surface area contributed by atoms with Gasteiger partial charge in [-0.3, -0.25) is 0 Å². The minimum absolute atomic E-state index is 0.0480. The Morgan fingerprint density at radius 3 is 1.96 bits per heavy atom. The summed E-state index contributed by atoms with van der Waals surface area (Å²) in [6.45, 7) is 10.7. The minimum Gasteiger partial charge on any atom is -0.508 e. The highest BCUT2D eigenvalue weighted by molar-refractivity contribution is 5.73. The van der Waals surface area contributed by atoms with E-state index < -0.39 is 0 Å². The zero-order valence-corrected chi connectivity index (χ0v) is 15.4. The van der Waals surface area contributed by atoms with Gasteiger partial charge in [-0.25, -0.2) is 0 Å². The average molecular weight is 339 g/mol. The van der Waals surface area contributed by atoms with Crippen LogP contribution in [0.2, 0.25) is 0 Å². The Labute approximate surface area is 147 Å². The molecule has 1 heterocycles. The minimum atomic E-state index is -0.267. The molecule has 2 N–H and O–H groups in total. The fourth-order valence-corrected chi connectivity index (χ4v) is 3.66. The second-order valence-corrected chi connectivity index (χ2v) is 8.46. The summed E-state index contributed by atoms with van der Waals surface area (Å²) in [7, 11) is 0. The number of aromatic hydroxyl groups is 2. The maximum atomic E-state index is 10.4. The van der Waals surface area contributed by atoms with Crippen molar-refractivity contribution in [2.24, 2.45) is 5.41 Å². The molecule has 0 fully saturated rings. The highest BCUT2D eigenvalue weighted by Crippen LogP contribution is 2.42. The van der Waals surface area contributed by atoms with E-state index >= 15 is 0 Å². The first-order chi connectivity index (χ1) is 11.6. The summed E-state index contributed by atoms with van der Waals surface area (Å²) >= 11 is 0. The van der Waals surface area contributed by atoms with Crippen LogP contribution in [0.25, 0.3) is 16.7 Å². The molecule has 3 aromatic rings. The van der Waals surface area contributed by atoms with Crippen LogP contribution in [-0.2, 0) is 5.41 Å². The third-order valence-electron chi connectivity index (χ3n) is 4.30. The highest BCUT2D eigenvalue weighted by atomic mass is 16.3. The van der Waals surface area contributed by atoms with Crippen molar-refractivity contribution < 1.29 is 10.2 Å². The second kappa shape index (κ2) is 5.76. The Morgan fingerprint density at radius 2 is 1.44 bits per heavy atom. The topological polar surface area (TPSA) is 71.2 Å². The number of fused-ring (bicyclic) bond motifs is 1. The normalized spacial score (nSPS) is 12.7. The van der Waals surface area contributed by atoms with E-state index in [1.54, 1.807) is 6.07 Å². The smallest absolute Gasteiger partial charge is 0.146 e. The van der Waals surface area contributed by atoms with Crippen LogP contribution in [0.15, 0.2) is 36.4 Å². The standard InChI is InChI=1S/C20H25N3O2/c1-19(2,3)12-20(4,5)13-10-16(18(25)11-17(13)24)23-21-14-8-6-7-9-15(14)22-23/h6-11,24-25H,12H2,1-5H3. The molecule has 132 valence electrons. The maximum absolute atomic E-state index is 10.4. The summed E-state index contributed by atoms with van der Waals surface area (Å²) < 4.78 is 0.